The molecule has 94 valence electrons. The molecule has 0 aliphatic carbocycles. The van der Waals surface area contributed by atoms with E-state index in [2.05, 4.69) is 0 Å². The first-order chi connectivity index (χ1) is 7.31. The third kappa shape index (κ3) is 12.1. The summed E-state index contributed by atoms with van der Waals surface area (Å²) in [6.45, 7) is 5.65. The zero-order valence-electron chi connectivity index (χ0n) is 9.59. The molecule has 0 bridgehead atoms. The zero-order valence-corrected chi connectivity index (χ0v) is 12.1. The predicted molar refractivity (Wildman–Crippen MR) is 63.9 cm³/mol. The molecule has 0 amide bonds. The minimum Gasteiger partial charge on any atom is -0.434 e. The Kier molecular flexibility index (Phi) is 8.18. The molecule has 0 spiro atoms. The molecule has 0 saturated carbocycles. The normalized spacial score (nSPS) is 11.6. The van der Waals surface area contributed by atoms with E-state index in [1.807, 2.05) is 0 Å². The van der Waals surface area contributed by atoms with E-state index in [0.29, 0.717) is 13.0 Å². The van der Waals surface area contributed by atoms with Crippen LogP contribution in [0.15, 0.2) is 0 Å². The van der Waals surface area contributed by atoms with Crippen LogP contribution in [0.4, 0.5) is 4.79 Å². The topological polar surface area (TPSA) is 44.8 Å². The molecule has 0 unspecified atom stereocenters. The number of ether oxygens (including phenoxy) is 2. The second kappa shape index (κ2) is 8.17. The Hall–Kier alpha value is 0.0269. The Morgan fingerprint density at radius 3 is 2.50 bits per heavy atom. The largest absolute Gasteiger partial charge is 0.508 e. The van der Waals surface area contributed by atoms with Gasteiger partial charge in [0.15, 0.2) is 5.02 Å². The van der Waals surface area contributed by atoms with Crippen molar-refractivity contribution < 1.29 is 18.7 Å². The van der Waals surface area contributed by atoms with Gasteiger partial charge in [-0.25, -0.2) is 4.79 Å². The molecule has 0 atom stereocenters. The summed E-state index contributed by atoms with van der Waals surface area (Å²) in [7, 11) is 0.210. The van der Waals surface area contributed by atoms with Crippen molar-refractivity contribution in [2.45, 2.75) is 43.9 Å². The summed E-state index contributed by atoms with van der Waals surface area (Å²) in [5.41, 5.74) is -0.521. The van der Waals surface area contributed by atoms with Crippen LogP contribution in [0.25, 0.3) is 0 Å². The molecule has 0 aliphatic heterocycles. The van der Waals surface area contributed by atoms with Gasteiger partial charge in [-0.15, -0.1) is 0 Å². The maximum atomic E-state index is 11.1. The molecule has 0 N–H and O–H groups in total. The molecular weight excluding hydrogens is 271 g/mol. The highest BCUT2D eigenvalue weighted by Gasteiger charge is 2.16. The van der Waals surface area contributed by atoms with Gasteiger partial charge in [0.2, 0.25) is 9.76 Å². The summed E-state index contributed by atoms with van der Waals surface area (Å²) >= 11 is 10.7. The van der Waals surface area contributed by atoms with Crippen molar-refractivity contribution in [1.82, 2.24) is 0 Å². The highest BCUT2D eigenvalue weighted by atomic mass is 35.5. The number of hydrogen-bond acceptors (Lipinski definition) is 4. The van der Waals surface area contributed by atoms with Crippen molar-refractivity contribution in [2.75, 3.05) is 6.61 Å². The lowest BCUT2D eigenvalue weighted by Gasteiger charge is -2.18. The van der Waals surface area contributed by atoms with Gasteiger partial charge in [-0.3, -0.25) is 0 Å². The van der Waals surface area contributed by atoms with Gasteiger partial charge in [0, 0.05) is 0 Å². The maximum Gasteiger partial charge on any atom is 0.508 e. The molecule has 7 heteroatoms. The maximum absolute atomic E-state index is 11.1. The Labute approximate surface area is 108 Å². The summed E-state index contributed by atoms with van der Waals surface area (Å²) in [5.74, 6) is 0. The van der Waals surface area contributed by atoms with Crippen molar-refractivity contribution in [3.8, 4) is 0 Å². The molecule has 0 fully saturated rings. The Bertz CT molecular complexity index is 206. The van der Waals surface area contributed by atoms with E-state index < -0.39 is 16.8 Å². The van der Waals surface area contributed by atoms with E-state index in [1.54, 1.807) is 20.8 Å². The minimum atomic E-state index is -0.787. The molecule has 0 rings (SSSR count). The quantitative estimate of drug-likeness (QED) is 0.326. The van der Waals surface area contributed by atoms with Crippen LogP contribution in [0, 0.1) is 0 Å². The van der Waals surface area contributed by atoms with Crippen LogP contribution in [-0.2, 0) is 13.9 Å². The molecule has 16 heavy (non-hydrogen) atoms. The molecule has 0 aromatic rings. The van der Waals surface area contributed by atoms with E-state index in [0.717, 1.165) is 6.04 Å². The molecule has 0 heterocycles. The fourth-order valence-electron chi connectivity index (χ4n) is 0.701. The molecule has 0 saturated heterocycles. The third-order valence-electron chi connectivity index (χ3n) is 1.21. The van der Waals surface area contributed by atoms with Crippen LogP contribution < -0.4 is 0 Å². The smallest absolute Gasteiger partial charge is 0.434 e. The summed E-state index contributed by atoms with van der Waals surface area (Å²) in [6.07, 6.45) is 0.0439. The third-order valence-corrected chi connectivity index (χ3v) is 2.64. The van der Waals surface area contributed by atoms with Crippen LogP contribution >= 0.6 is 23.2 Å². The number of carbonyl (C=O) groups excluding carboxylic acids is 1. The highest BCUT2D eigenvalue weighted by Crippen LogP contribution is 2.08. The van der Waals surface area contributed by atoms with E-state index >= 15 is 0 Å². The number of rotatable bonds is 6. The lowest BCUT2D eigenvalue weighted by Crippen LogP contribution is -2.24. The number of hydrogen-bond donors (Lipinski definition) is 0. The van der Waals surface area contributed by atoms with Crippen LogP contribution in [0.1, 0.15) is 27.2 Å². The molecular formula is C9H16Cl2O4Si. The van der Waals surface area contributed by atoms with Crippen LogP contribution in [0.3, 0.4) is 0 Å². The average Bonchev–Trinajstić information content (AvgIpc) is 2.07. The first-order valence-electron chi connectivity index (χ1n) is 4.83. The number of halogens is 2. The van der Waals surface area contributed by atoms with E-state index in [9.17, 15) is 4.79 Å². The first-order valence-corrected chi connectivity index (χ1v) is 6.82. The SMILES string of the molecule is CC(C)(C)OC(=O)OCCC[Si]OC(Cl)Cl. The van der Waals surface area contributed by atoms with Crippen molar-refractivity contribution >= 4 is 39.1 Å². The molecule has 4 nitrogen and oxygen atoms in total. The standard InChI is InChI=1S/C9H16Cl2O4Si/c1-9(2,3)14-8(12)13-5-4-6-16-15-7(10)11/h7H,4-6H2,1-3H3. The van der Waals surface area contributed by atoms with E-state index in [1.165, 1.54) is 0 Å². The molecule has 0 aromatic heterocycles. The summed E-state index contributed by atoms with van der Waals surface area (Å²) in [5, 5.41) is -0.787. The van der Waals surface area contributed by atoms with Gasteiger partial charge in [0.25, 0.3) is 0 Å². The average molecular weight is 287 g/mol. The predicted octanol–water partition coefficient (Wildman–Crippen LogP) is 3.14. The number of carbonyl (C=O) groups is 1. The Morgan fingerprint density at radius 2 is 2.00 bits per heavy atom. The Morgan fingerprint density at radius 1 is 1.38 bits per heavy atom. The first kappa shape index (κ1) is 16.0. The molecule has 2 radical (unpaired) electrons. The van der Waals surface area contributed by atoms with Gasteiger partial charge in [-0.05, 0) is 33.2 Å². The van der Waals surface area contributed by atoms with Crippen molar-refractivity contribution in [3.05, 3.63) is 0 Å². The second-order valence-electron chi connectivity index (χ2n) is 3.94. The fraction of sp³-hybridized carbons (Fsp3) is 0.889. The zero-order chi connectivity index (χ0) is 12.6. The van der Waals surface area contributed by atoms with Gasteiger partial charge in [0.05, 0.1) is 6.61 Å². The summed E-state index contributed by atoms with van der Waals surface area (Å²) < 4.78 is 14.7. The lowest BCUT2D eigenvalue weighted by molar-refractivity contribution is -0.00708. The van der Waals surface area contributed by atoms with Crippen LogP contribution in [-0.4, -0.2) is 33.1 Å². The Balaban J connectivity index is 3.35. The van der Waals surface area contributed by atoms with Gasteiger partial charge < -0.3 is 13.9 Å². The number of alkyl halides is 2. The lowest BCUT2D eigenvalue weighted by atomic mass is 10.2. The van der Waals surface area contributed by atoms with Gasteiger partial charge in [0.1, 0.15) is 5.60 Å². The van der Waals surface area contributed by atoms with Gasteiger partial charge in [-0.2, -0.15) is 0 Å². The molecule has 0 aromatic carbocycles. The van der Waals surface area contributed by atoms with Crippen molar-refractivity contribution in [2.24, 2.45) is 0 Å². The summed E-state index contributed by atoms with van der Waals surface area (Å²) in [6, 6.07) is 0.749. The van der Waals surface area contributed by atoms with Crippen LogP contribution in [0.2, 0.25) is 6.04 Å². The van der Waals surface area contributed by atoms with Gasteiger partial charge in [-0.1, -0.05) is 23.2 Å². The van der Waals surface area contributed by atoms with Gasteiger partial charge >= 0.3 is 6.16 Å². The summed E-state index contributed by atoms with van der Waals surface area (Å²) in [4.78, 5) is 11.1. The molecule has 0 aliphatic rings. The van der Waals surface area contributed by atoms with Crippen molar-refractivity contribution in [3.63, 3.8) is 0 Å². The minimum absolute atomic E-state index is 0.210. The van der Waals surface area contributed by atoms with E-state index in [-0.39, 0.29) is 9.76 Å². The fourth-order valence-corrected chi connectivity index (χ4v) is 1.61. The van der Waals surface area contributed by atoms with Crippen LogP contribution in [0.5, 0.6) is 0 Å². The van der Waals surface area contributed by atoms with E-state index in [4.69, 9.17) is 37.1 Å². The monoisotopic (exact) mass is 286 g/mol. The second-order valence-corrected chi connectivity index (χ2v) is 5.98. The highest BCUT2D eigenvalue weighted by molar-refractivity contribution is 6.45. The van der Waals surface area contributed by atoms with Crippen molar-refractivity contribution in [1.29, 1.82) is 0 Å².